The SMILES string of the molecule is C=C(OC(C1=CCCC1)C1=CCCC1)C(=O)O. The molecular formula is C14H18O3. The van der Waals surface area contributed by atoms with Crippen LogP contribution in [-0.4, -0.2) is 17.2 Å². The van der Waals surface area contributed by atoms with Crippen molar-refractivity contribution in [3.8, 4) is 0 Å². The highest BCUT2D eigenvalue weighted by Gasteiger charge is 2.26. The van der Waals surface area contributed by atoms with Crippen molar-refractivity contribution >= 4 is 5.97 Å². The van der Waals surface area contributed by atoms with Crippen LogP contribution in [0.15, 0.2) is 35.6 Å². The summed E-state index contributed by atoms with van der Waals surface area (Å²) >= 11 is 0. The van der Waals surface area contributed by atoms with Crippen LogP contribution in [0.2, 0.25) is 0 Å². The normalized spacial score (nSPS) is 19.1. The van der Waals surface area contributed by atoms with E-state index in [1.165, 1.54) is 11.1 Å². The molecule has 92 valence electrons. The Kier molecular flexibility index (Phi) is 3.67. The van der Waals surface area contributed by atoms with Gasteiger partial charge in [-0.2, -0.15) is 0 Å². The van der Waals surface area contributed by atoms with Gasteiger partial charge < -0.3 is 9.84 Å². The van der Waals surface area contributed by atoms with Gasteiger partial charge in [-0.15, -0.1) is 0 Å². The molecule has 0 fully saturated rings. The number of aliphatic carboxylic acids is 1. The van der Waals surface area contributed by atoms with Crippen LogP contribution in [0, 0.1) is 0 Å². The Bertz CT molecular complexity index is 366. The summed E-state index contributed by atoms with van der Waals surface area (Å²) < 4.78 is 5.55. The average molecular weight is 234 g/mol. The number of carbonyl (C=O) groups is 1. The molecule has 0 heterocycles. The van der Waals surface area contributed by atoms with Crippen LogP contribution in [0.25, 0.3) is 0 Å². The lowest BCUT2D eigenvalue weighted by Crippen LogP contribution is -2.19. The molecule has 3 heteroatoms. The molecule has 2 rings (SSSR count). The van der Waals surface area contributed by atoms with Crippen LogP contribution in [0.5, 0.6) is 0 Å². The minimum Gasteiger partial charge on any atom is -0.475 e. The van der Waals surface area contributed by atoms with Gasteiger partial charge in [-0.3, -0.25) is 0 Å². The van der Waals surface area contributed by atoms with Gasteiger partial charge in [-0.05, 0) is 56.3 Å². The first kappa shape index (κ1) is 12.0. The average Bonchev–Trinajstić information content (AvgIpc) is 2.98. The van der Waals surface area contributed by atoms with E-state index in [1.54, 1.807) is 0 Å². The highest BCUT2D eigenvalue weighted by Crippen LogP contribution is 2.33. The summed E-state index contributed by atoms with van der Waals surface area (Å²) in [5.41, 5.74) is 2.45. The Morgan fingerprint density at radius 1 is 1.24 bits per heavy atom. The van der Waals surface area contributed by atoms with Gasteiger partial charge in [0.15, 0.2) is 5.76 Å². The predicted molar refractivity (Wildman–Crippen MR) is 65.5 cm³/mol. The molecule has 0 saturated carbocycles. The summed E-state index contributed by atoms with van der Waals surface area (Å²) in [4.78, 5) is 10.8. The molecule has 0 unspecified atom stereocenters. The molecule has 0 aromatic heterocycles. The van der Waals surface area contributed by atoms with E-state index >= 15 is 0 Å². The zero-order valence-electron chi connectivity index (χ0n) is 9.95. The molecule has 2 aliphatic rings. The molecule has 0 aromatic rings. The number of hydrogen-bond donors (Lipinski definition) is 1. The zero-order valence-corrected chi connectivity index (χ0v) is 9.95. The standard InChI is InChI=1S/C14H18O3/c1-10(14(15)16)17-13(11-6-2-3-7-11)12-8-4-5-9-12/h6,8,13H,1-5,7,9H2,(H,15,16). The summed E-state index contributed by atoms with van der Waals surface area (Å²) in [7, 11) is 0. The fraction of sp³-hybridized carbons (Fsp3) is 0.500. The van der Waals surface area contributed by atoms with Crippen molar-refractivity contribution in [2.45, 2.75) is 44.6 Å². The van der Waals surface area contributed by atoms with Gasteiger partial charge in [0.1, 0.15) is 6.10 Å². The van der Waals surface area contributed by atoms with Crippen molar-refractivity contribution in [2.24, 2.45) is 0 Å². The van der Waals surface area contributed by atoms with Crippen LogP contribution in [-0.2, 0) is 9.53 Å². The van der Waals surface area contributed by atoms with Gasteiger partial charge >= 0.3 is 5.97 Å². The molecule has 0 atom stereocenters. The van der Waals surface area contributed by atoms with Crippen molar-refractivity contribution in [3.05, 3.63) is 35.6 Å². The largest absolute Gasteiger partial charge is 0.475 e. The molecule has 3 nitrogen and oxygen atoms in total. The van der Waals surface area contributed by atoms with E-state index in [0.29, 0.717) is 0 Å². The molecule has 0 spiro atoms. The van der Waals surface area contributed by atoms with Crippen molar-refractivity contribution in [2.75, 3.05) is 0 Å². The van der Waals surface area contributed by atoms with Crippen molar-refractivity contribution < 1.29 is 14.6 Å². The lowest BCUT2D eigenvalue weighted by Gasteiger charge is -2.21. The van der Waals surface area contributed by atoms with Crippen LogP contribution in [0.4, 0.5) is 0 Å². The van der Waals surface area contributed by atoms with Gasteiger partial charge in [0.05, 0.1) is 0 Å². The molecule has 2 aliphatic carbocycles. The molecule has 17 heavy (non-hydrogen) atoms. The predicted octanol–water partition coefficient (Wildman–Crippen LogP) is 3.19. The molecule has 0 radical (unpaired) electrons. The molecule has 0 aliphatic heterocycles. The van der Waals surface area contributed by atoms with E-state index in [1.807, 2.05) is 0 Å². The van der Waals surface area contributed by atoms with Crippen LogP contribution in [0.3, 0.4) is 0 Å². The molecular weight excluding hydrogens is 216 g/mol. The third-order valence-corrected chi connectivity index (χ3v) is 3.32. The van der Waals surface area contributed by atoms with Gasteiger partial charge in [0.25, 0.3) is 0 Å². The third kappa shape index (κ3) is 2.78. The topological polar surface area (TPSA) is 46.5 Å². The van der Waals surface area contributed by atoms with Crippen molar-refractivity contribution in [1.82, 2.24) is 0 Å². The summed E-state index contributed by atoms with van der Waals surface area (Å²) in [6.45, 7) is 3.46. The smallest absolute Gasteiger partial charge is 0.370 e. The van der Waals surface area contributed by atoms with E-state index in [2.05, 4.69) is 18.7 Å². The van der Waals surface area contributed by atoms with E-state index < -0.39 is 5.97 Å². The summed E-state index contributed by atoms with van der Waals surface area (Å²) in [6, 6.07) is 0. The molecule has 0 saturated heterocycles. The summed E-state index contributed by atoms with van der Waals surface area (Å²) in [5.74, 6) is -1.23. The second-order valence-electron chi connectivity index (χ2n) is 4.57. The van der Waals surface area contributed by atoms with E-state index in [-0.39, 0.29) is 11.9 Å². The Morgan fingerprint density at radius 3 is 2.12 bits per heavy atom. The first-order chi connectivity index (χ1) is 8.18. The Hall–Kier alpha value is -1.51. The maximum atomic E-state index is 10.8. The number of allylic oxidation sites excluding steroid dienone is 2. The minimum absolute atomic E-state index is 0.157. The number of carboxylic acid groups (broad SMARTS) is 1. The maximum absolute atomic E-state index is 10.8. The summed E-state index contributed by atoms with van der Waals surface area (Å²) in [5, 5.41) is 8.85. The minimum atomic E-state index is -1.08. The van der Waals surface area contributed by atoms with Gasteiger partial charge in [-0.25, -0.2) is 4.79 Å². The van der Waals surface area contributed by atoms with Crippen LogP contribution in [0.1, 0.15) is 38.5 Å². The van der Waals surface area contributed by atoms with Gasteiger partial charge in [0.2, 0.25) is 0 Å². The second-order valence-corrected chi connectivity index (χ2v) is 4.57. The zero-order chi connectivity index (χ0) is 12.3. The molecule has 1 N–H and O–H groups in total. The Morgan fingerprint density at radius 2 is 1.76 bits per heavy atom. The molecule has 0 amide bonds. The van der Waals surface area contributed by atoms with Crippen molar-refractivity contribution in [1.29, 1.82) is 0 Å². The second kappa shape index (κ2) is 5.21. The third-order valence-electron chi connectivity index (χ3n) is 3.32. The number of rotatable bonds is 5. The highest BCUT2D eigenvalue weighted by atomic mass is 16.5. The molecule has 0 aromatic carbocycles. The fourth-order valence-electron chi connectivity index (χ4n) is 2.45. The van der Waals surface area contributed by atoms with Gasteiger partial charge in [-0.1, -0.05) is 12.2 Å². The maximum Gasteiger partial charge on any atom is 0.370 e. The van der Waals surface area contributed by atoms with E-state index in [9.17, 15) is 4.79 Å². The summed E-state index contributed by atoms with van der Waals surface area (Å²) in [6.07, 6.45) is 10.6. The number of carboxylic acids is 1. The number of ether oxygens (including phenoxy) is 1. The van der Waals surface area contributed by atoms with Crippen LogP contribution >= 0.6 is 0 Å². The Labute approximate surface area is 101 Å². The quantitative estimate of drug-likeness (QED) is 0.451. The lowest BCUT2D eigenvalue weighted by molar-refractivity contribution is -0.137. The van der Waals surface area contributed by atoms with Gasteiger partial charge in [0, 0.05) is 0 Å². The monoisotopic (exact) mass is 234 g/mol. The van der Waals surface area contributed by atoms with Crippen molar-refractivity contribution in [3.63, 3.8) is 0 Å². The van der Waals surface area contributed by atoms with E-state index in [4.69, 9.17) is 9.84 Å². The van der Waals surface area contributed by atoms with Crippen LogP contribution < -0.4 is 0 Å². The van der Waals surface area contributed by atoms with E-state index in [0.717, 1.165) is 38.5 Å². The first-order valence-electron chi connectivity index (χ1n) is 6.15. The highest BCUT2D eigenvalue weighted by molar-refractivity contribution is 5.83. The first-order valence-corrected chi connectivity index (χ1v) is 6.15. The lowest BCUT2D eigenvalue weighted by atomic mass is 10.0. The Balaban J connectivity index is 2.12. The molecule has 0 bridgehead atoms. The number of hydrogen-bond acceptors (Lipinski definition) is 2. The fourth-order valence-corrected chi connectivity index (χ4v) is 2.45.